The van der Waals surface area contributed by atoms with Crippen molar-refractivity contribution in [3.05, 3.63) is 65.5 Å². The number of nitrogens with one attached hydrogen (secondary N) is 1. The van der Waals surface area contributed by atoms with Crippen molar-refractivity contribution in [2.45, 2.75) is 25.1 Å². The highest BCUT2D eigenvalue weighted by Crippen LogP contribution is 2.34. The molecule has 24 heavy (non-hydrogen) atoms. The summed E-state index contributed by atoms with van der Waals surface area (Å²) < 4.78 is 19.0. The highest BCUT2D eigenvalue weighted by Gasteiger charge is 2.35. The fourth-order valence-corrected chi connectivity index (χ4v) is 3.40. The molecule has 4 nitrogen and oxygen atoms in total. The molecule has 1 fully saturated rings. The van der Waals surface area contributed by atoms with E-state index in [-0.39, 0.29) is 24.0 Å². The largest absolute Gasteiger partial charge is 0.376 e. The van der Waals surface area contributed by atoms with E-state index < -0.39 is 0 Å². The van der Waals surface area contributed by atoms with Gasteiger partial charge in [0.1, 0.15) is 12.0 Å². The van der Waals surface area contributed by atoms with Gasteiger partial charge in [0, 0.05) is 18.8 Å². The highest BCUT2D eigenvalue weighted by atomic mass is 19.1. The molecule has 0 spiro atoms. The van der Waals surface area contributed by atoms with E-state index in [0.717, 1.165) is 30.7 Å². The Morgan fingerprint density at radius 2 is 1.96 bits per heavy atom. The molecule has 2 aromatic rings. The number of carbonyl (C=O) groups is 1. The summed E-state index contributed by atoms with van der Waals surface area (Å²) in [5.74, 6) is -0.305. The molecule has 5 heteroatoms. The standard InChI is InChI=1S/C19H19FN2O2/c20-14-9-7-13(8-10-14)18-21-17-6-2-1-5-16(17)19(23)22(18)12-15-4-3-11-24-15/h1-2,5-10,15,18,21H,3-4,11-12H2/t15-,18+/m1/s1. The fourth-order valence-electron chi connectivity index (χ4n) is 3.40. The van der Waals surface area contributed by atoms with Crippen molar-refractivity contribution < 1.29 is 13.9 Å². The number of nitrogens with zero attached hydrogens (tertiary/aromatic N) is 1. The van der Waals surface area contributed by atoms with Gasteiger partial charge in [-0.15, -0.1) is 0 Å². The number of halogens is 1. The summed E-state index contributed by atoms with van der Waals surface area (Å²) in [5.41, 5.74) is 2.33. The third kappa shape index (κ3) is 2.76. The first kappa shape index (κ1) is 15.1. The Bertz CT molecular complexity index is 741. The number of ether oxygens (including phenoxy) is 1. The first-order chi connectivity index (χ1) is 11.7. The van der Waals surface area contributed by atoms with Gasteiger partial charge in [-0.2, -0.15) is 0 Å². The molecule has 0 unspecified atom stereocenters. The van der Waals surface area contributed by atoms with Crippen LogP contribution in [0.4, 0.5) is 10.1 Å². The third-order valence-electron chi connectivity index (χ3n) is 4.63. The van der Waals surface area contributed by atoms with Crippen molar-refractivity contribution in [3.63, 3.8) is 0 Å². The fraction of sp³-hybridized carbons (Fsp3) is 0.316. The lowest BCUT2D eigenvalue weighted by Crippen LogP contribution is -2.46. The van der Waals surface area contributed by atoms with Gasteiger partial charge in [0.25, 0.3) is 5.91 Å². The van der Waals surface area contributed by atoms with Gasteiger partial charge in [-0.25, -0.2) is 4.39 Å². The number of fused-ring (bicyclic) bond motifs is 1. The van der Waals surface area contributed by atoms with Crippen LogP contribution in [0.1, 0.15) is 34.9 Å². The Balaban J connectivity index is 1.70. The third-order valence-corrected chi connectivity index (χ3v) is 4.63. The second-order valence-electron chi connectivity index (χ2n) is 6.24. The SMILES string of the molecule is O=C1c2ccccc2N[C@H](c2ccc(F)cc2)N1C[C@H]1CCCO1. The zero-order valence-electron chi connectivity index (χ0n) is 13.2. The average molecular weight is 326 g/mol. The lowest BCUT2D eigenvalue weighted by molar-refractivity contribution is 0.0427. The quantitative estimate of drug-likeness (QED) is 0.937. The van der Waals surface area contributed by atoms with Crippen LogP contribution in [0.3, 0.4) is 0 Å². The molecule has 2 atom stereocenters. The molecule has 0 aromatic heterocycles. The van der Waals surface area contributed by atoms with Gasteiger partial charge in [-0.3, -0.25) is 4.79 Å². The molecule has 2 heterocycles. The average Bonchev–Trinajstić information content (AvgIpc) is 3.11. The van der Waals surface area contributed by atoms with E-state index in [1.54, 1.807) is 17.0 Å². The summed E-state index contributed by atoms with van der Waals surface area (Å²) in [6, 6.07) is 13.8. The van der Waals surface area contributed by atoms with Crippen molar-refractivity contribution in [3.8, 4) is 0 Å². The van der Waals surface area contributed by atoms with Gasteiger partial charge in [0.05, 0.1) is 11.7 Å². The van der Waals surface area contributed by atoms with Gasteiger partial charge in [0.15, 0.2) is 0 Å². The molecule has 0 aliphatic carbocycles. The van der Waals surface area contributed by atoms with Crippen LogP contribution >= 0.6 is 0 Å². The minimum absolute atomic E-state index is 0.0193. The minimum atomic E-state index is -0.322. The summed E-state index contributed by atoms with van der Waals surface area (Å²) >= 11 is 0. The Kier molecular flexibility index (Phi) is 3.94. The minimum Gasteiger partial charge on any atom is -0.376 e. The van der Waals surface area contributed by atoms with E-state index in [1.165, 1.54) is 12.1 Å². The lowest BCUT2D eigenvalue weighted by Gasteiger charge is -2.39. The molecule has 1 saturated heterocycles. The first-order valence-corrected chi connectivity index (χ1v) is 8.26. The summed E-state index contributed by atoms with van der Waals surface area (Å²) in [5, 5.41) is 3.41. The summed E-state index contributed by atoms with van der Waals surface area (Å²) in [7, 11) is 0. The van der Waals surface area contributed by atoms with Crippen LogP contribution in [-0.4, -0.2) is 30.1 Å². The summed E-state index contributed by atoms with van der Waals surface area (Å²) in [6.07, 6.45) is 1.72. The maximum Gasteiger partial charge on any atom is 0.257 e. The Morgan fingerprint density at radius 1 is 1.17 bits per heavy atom. The van der Waals surface area contributed by atoms with Crippen LogP contribution in [0.5, 0.6) is 0 Å². The van der Waals surface area contributed by atoms with Gasteiger partial charge in [0.2, 0.25) is 0 Å². The normalized spacial score (nSPS) is 23.0. The predicted octanol–water partition coefficient (Wildman–Crippen LogP) is 3.57. The van der Waals surface area contributed by atoms with E-state index in [1.807, 2.05) is 24.3 Å². The van der Waals surface area contributed by atoms with Crippen molar-refractivity contribution in [1.82, 2.24) is 4.90 Å². The molecule has 4 rings (SSSR count). The van der Waals surface area contributed by atoms with Crippen molar-refractivity contribution in [2.24, 2.45) is 0 Å². The smallest absolute Gasteiger partial charge is 0.257 e. The molecule has 2 aliphatic heterocycles. The Labute approximate surface area is 140 Å². The Morgan fingerprint density at radius 3 is 2.71 bits per heavy atom. The van der Waals surface area contributed by atoms with Gasteiger partial charge >= 0.3 is 0 Å². The van der Waals surface area contributed by atoms with E-state index in [9.17, 15) is 9.18 Å². The van der Waals surface area contributed by atoms with Gasteiger partial charge in [-0.1, -0.05) is 24.3 Å². The highest BCUT2D eigenvalue weighted by molar-refractivity contribution is 6.01. The zero-order valence-corrected chi connectivity index (χ0v) is 13.2. The number of carbonyl (C=O) groups excluding carboxylic acids is 1. The van der Waals surface area contributed by atoms with Crippen LogP contribution in [0.15, 0.2) is 48.5 Å². The monoisotopic (exact) mass is 326 g/mol. The maximum atomic E-state index is 13.3. The number of benzene rings is 2. The molecule has 2 aliphatic rings. The maximum absolute atomic E-state index is 13.3. The molecule has 1 amide bonds. The van der Waals surface area contributed by atoms with E-state index in [2.05, 4.69) is 5.32 Å². The van der Waals surface area contributed by atoms with Gasteiger partial charge in [-0.05, 0) is 42.7 Å². The second-order valence-corrected chi connectivity index (χ2v) is 6.24. The zero-order chi connectivity index (χ0) is 16.5. The molecule has 0 radical (unpaired) electrons. The second kappa shape index (κ2) is 6.24. The molecule has 0 saturated carbocycles. The number of hydrogen-bond donors (Lipinski definition) is 1. The molecule has 1 N–H and O–H groups in total. The van der Waals surface area contributed by atoms with Crippen LogP contribution in [0.25, 0.3) is 0 Å². The summed E-state index contributed by atoms with van der Waals surface area (Å²) in [4.78, 5) is 14.8. The van der Waals surface area contributed by atoms with Crippen LogP contribution in [-0.2, 0) is 4.74 Å². The number of amides is 1. The first-order valence-electron chi connectivity index (χ1n) is 8.26. The van der Waals surface area contributed by atoms with Gasteiger partial charge < -0.3 is 15.0 Å². The molecule has 2 aromatic carbocycles. The number of anilines is 1. The Hall–Kier alpha value is -2.40. The number of rotatable bonds is 3. The van der Waals surface area contributed by atoms with Crippen molar-refractivity contribution in [1.29, 1.82) is 0 Å². The van der Waals surface area contributed by atoms with Crippen LogP contribution in [0.2, 0.25) is 0 Å². The van der Waals surface area contributed by atoms with E-state index >= 15 is 0 Å². The van der Waals surface area contributed by atoms with Crippen molar-refractivity contribution in [2.75, 3.05) is 18.5 Å². The predicted molar refractivity (Wildman–Crippen MR) is 89.2 cm³/mol. The lowest BCUT2D eigenvalue weighted by atomic mass is 10.0. The number of hydrogen-bond acceptors (Lipinski definition) is 3. The molecule has 0 bridgehead atoms. The summed E-state index contributed by atoms with van der Waals surface area (Å²) in [6.45, 7) is 1.28. The van der Waals surface area contributed by atoms with Crippen molar-refractivity contribution >= 4 is 11.6 Å². The molecular formula is C19H19FN2O2. The van der Waals surface area contributed by atoms with Crippen LogP contribution in [0, 0.1) is 5.82 Å². The molecule has 124 valence electrons. The van der Waals surface area contributed by atoms with E-state index in [0.29, 0.717) is 12.1 Å². The molecular weight excluding hydrogens is 307 g/mol. The topological polar surface area (TPSA) is 41.6 Å². The van der Waals surface area contributed by atoms with Crippen LogP contribution < -0.4 is 5.32 Å². The number of para-hydroxylation sites is 1. The van der Waals surface area contributed by atoms with E-state index in [4.69, 9.17) is 4.74 Å².